The van der Waals surface area contributed by atoms with Crippen LogP contribution in [0.25, 0.3) is 0 Å². The van der Waals surface area contributed by atoms with Crippen molar-refractivity contribution in [3.63, 3.8) is 0 Å². The minimum absolute atomic E-state index is 0.244. The number of halogens is 1. The number of nitrogens with one attached hydrogen (secondary N) is 1. The molecule has 0 aliphatic rings. The molecule has 0 bridgehead atoms. The molecule has 108 valence electrons. The Hall–Kier alpha value is -0.530. The van der Waals surface area contributed by atoms with Crippen molar-refractivity contribution in [2.24, 2.45) is 5.41 Å². The molecule has 1 aromatic rings. The van der Waals surface area contributed by atoms with Crippen LogP contribution in [-0.4, -0.2) is 12.4 Å². The van der Waals surface area contributed by atoms with Crippen LogP contribution in [0, 0.1) is 26.2 Å². The van der Waals surface area contributed by atoms with Gasteiger partial charge in [-0.25, -0.2) is 0 Å². The Morgan fingerprint density at radius 1 is 1.05 bits per heavy atom. The third kappa shape index (κ3) is 4.22. The van der Waals surface area contributed by atoms with E-state index in [1.54, 1.807) is 0 Å². The molecule has 0 spiro atoms. The Morgan fingerprint density at radius 3 is 2.00 bits per heavy atom. The van der Waals surface area contributed by atoms with Crippen LogP contribution >= 0.6 is 11.6 Å². The van der Waals surface area contributed by atoms with Gasteiger partial charge in [-0.2, -0.15) is 0 Å². The smallest absolute Gasteiger partial charge is 0.0291 e. The van der Waals surface area contributed by atoms with Gasteiger partial charge in [-0.05, 0) is 55.7 Å². The zero-order chi connectivity index (χ0) is 14.5. The minimum atomic E-state index is 0.244. The lowest BCUT2D eigenvalue weighted by Crippen LogP contribution is -2.35. The summed E-state index contributed by atoms with van der Waals surface area (Å²) in [6.45, 7) is 13.0. The fraction of sp³-hybridized carbons (Fsp3) is 0.647. The fourth-order valence-electron chi connectivity index (χ4n) is 2.68. The van der Waals surface area contributed by atoms with E-state index in [1.165, 1.54) is 22.3 Å². The van der Waals surface area contributed by atoms with Gasteiger partial charge in [-0.3, -0.25) is 0 Å². The molecule has 0 amide bonds. The first-order valence-corrected chi connectivity index (χ1v) is 7.85. The lowest BCUT2D eigenvalue weighted by molar-refractivity contribution is 0.286. The maximum absolute atomic E-state index is 6.15. The SMILES string of the molecule is CCC(CC)(CCl)CNCc1c(C)cc(C)cc1C. The van der Waals surface area contributed by atoms with Crippen LogP contribution < -0.4 is 5.32 Å². The lowest BCUT2D eigenvalue weighted by Gasteiger charge is -2.30. The number of alkyl halides is 1. The second-order valence-electron chi connectivity index (χ2n) is 5.82. The van der Waals surface area contributed by atoms with E-state index in [9.17, 15) is 0 Å². The van der Waals surface area contributed by atoms with Crippen molar-refractivity contribution in [2.75, 3.05) is 12.4 Å². The Labute approximate surface area is 123 Å². The first-order chi connectivity index (χ1) is 8.98. The van der Waals surface area contributed by atoms with E-state index in [0.29, 0.717) is 0 Å². The Kier molecular flexibility index (Phi) is 6.35. The summed E-state index contributed by atoms with van der Waals surface area (Å²) >= 11 is 6.15. The fourth-order valence-corrected chi connectivity index (χ4v) is 3.15. The molecule has 1 rings (SSSR count). The molecule has 1 N–H and O–H groups in total. The van der Waals surface area contributed by atoms with Gasteiger partial charge in [0, 0.05) is 19.0 Å². The summed E-state index contributed by atoms with van der Waals surface area (Å²) in [6, 6.07) is 4.52. The first-order valence-electron chi connectivity index (χ1n) is 7.31. The van der Waals surface area contributed by atoms with E-state index in [2.05, 4.69) is 52.1 Å². The first kappa shape index (κ1) is 16.5. The largest absolute Gasteiger partial charge is 0.312 e. The lowest BCUT2D eigenvalue weighted by atomic mass is 9.84. The van der Waals surface area contributed by atoms with E-state index in [4.69, 9.17) is 11.6 Å². The van der Waals surface area contributed by atoms with Crippen molar-refractivity contribution < 1.29 is 0 Å². The van der Waals surface area contributed by atoms with Gasteiger partial charge < -0.3 is 5.32 Å². The van der Waals surface area contributed by atoms with Crippen LogP contribution in [0.3, 0.4) is 0 Å². The highest BCUT2D eigenvalue weighted by atomic mass is 35.5. The molecule has 0 aromatic heterocycles. The Balaban J connectivity index is 2.68. The summed E-state index contributed by atoms with van der Waals surface area (Å²) < 4.78 is 0. The van der Waals surface area contributed by atoms with Crippen LogP contribution in [0.15, 0.2) is 12.1 Å². The molecule has 0 radical (unpaired) electrons. The summed E-state index contributed by atoms with van der Waals surface area (Å²) in [5.74, 6) is 0.735. The van der Waals surface area contributed by atoms with Gasteiger partial charge in [0.1, 0.15) is 0 Å². The maximum Gasteiger partial charge on any atom is 0.0291 e. The van der Waals surface area contributed by atoms with Crippen molar-refractivity contribution in [2.45, 2.75) is 54.0 Å². The summed E-state index contributed by atoms with van der Waals surface area (Å²) in [4.78, 5) is 0. The molecule has 1 nitrogen and oxygen atoms in total. The van der Waals surface area contributed by atoms with Gasteiger partial charge in [-0.15, -0.1) is 11.6 Å². The Morgan fingerprint density at radius 2 is 1.58 bits per heavy atom. The average Bonchev–Trinajstić information content (AvgIpc) is 2.38. The summed E-state index contributed by atoms with van der Waals surface area (Å²) in [7, 11) is 0. The second kappa shape index (κ2) is 7.31. The number of hydrogen-bond donors (Lipinski definition) is 1. The molecule has 0 unspecified atom stereocenters. The highest BCUT2D eigenvalue weighted by Gasteiger charge is 2.24. The van der Waals surface area contributed by atoms with Gasteiger partial charge >= 0.3 is 0 Å². The topological polar surface area (TPSA) is 12.0 Å². The number of aryl methyl sites for hydroxylation is 3. The summed E-state index contributed by atoms with van der Waals surface area (Å²) in [5.41, 5.74) is 5.79. The van der Waals surface area contributed by atoms with Gasteiger partial charge in [0.2, 0.25) is 0 Å². The monoisotopic (exact) mass is 281 g/mol. The highest BCUT2D eigenvalue weighted by Crippen LogP contribution is 2.27. The third-order valence-corrected chi connectivity index (χ3v) is 4.99. The average molecular weight is 282 g/mol. The molecule has 0 saturated heterocycles. The molecule has 0 aliphatic heterocycles. The van der Waals surface area contributed by atoms with Crippen molar-refractivity contribution >= 4 is 11.6 Å². The standard InChI is InChI=1S/C17H28ClN/c1-6-17(7-2,11-18)12-19-10-16-14(4)8-13(3)9-15(16)5/h8-9,19H,6-7,10-12H2,1-5H3. The Bertz CT molecular complexity index is 376. The van der Waals surface area contributed by atoms with E-state index in [1.807, 2.05) is 0 Å². The molecule has 1 aromatic carbocycles. The van der Waals surface area contributed by atoms with Crippen LogP contribution in [0.4, 0.5) is 0 Å². The zero-order valence-electron chi connectivity index (χ0n) is 13.1. The minimum Gasteiger partial charge on any atom is -0.312 e. The van der Waals surface area contributed by atoms with Crippen molar-refractivity contribution in [3.05, 3.63) is 34.4 Å². The summed E-state index contributed by atoms with van der Waals surface area (Å²) in [5, 5.41) is 3.61. The molecular weight excluding hydrogens is 254 g/mol. The normalized spacial score (nSPS) is 11.9. The molecular formula is C17H28ClN. The number of hydrogen-bond acceptors (Lipinski definition) is 1. The predicted octanol–water partition coefficient (Wildman–Crippen LogP) is 4.75. The van der Waals surface area contributed by atoms with E-state index >= 15 is 0 Å². The van der Waals surface area contributed by atoms with E-state index < -0.39 is 0 Å². The molecule has 0 atom stereocenters. The van der Waals surface area contributed by atoms with Gasteiger partial charge in [0.05, 0.1) is 0 Å². The van der Waals surface area contributed by atoms with Gasteiger partial charge in [-0.1, -0.05) is 31.5 Å². The predicted molar refractivity (Wildman–Crippen MR) is 86.1 cm³/mol. The van der Waals surface area contributed by atoms with E-state index in [-0.39, 0.29) is 5.41 Å². The van der Waals surface area contributed by atoms with Crippen molar-refractivity contribution in [1.82, 2.24) is 5.32 Å². The van der Waals surface area contributed by atoms with Crippen LogP contribution in [0.1, 0.15) is 48.9 Å². The zero-order valence-corrected chi connectivity index (χ0v) is 13.8. The molecule has 19 heavy (non-hydrogen) atoms. The maximum atomic E-state index is 6.15. The van der Waals surface area contributed by atoms with Gasteiger partial charge in [0.25, 0.3) is 0 Å². The molecule has 0 heterocycles. The third-order valence-electron chi connectivity index (χ3n) is 4.43. The summed E-state index contributed by atoms with van der Waals surface area (Å²) in [6.07, 6.45) is 2.26. The molecule has 0 fully saturated rings. The van der Waals surface area contributed by atoms with E-state index in [0.717, 1.165) is 31.8 Å². The van der Waals surface area contributed by atoms with Crippen molar-refractivity contribution in [3.8, 4) is 0 Å². The second-order valence-corrected chi connectivity index (χ2v) is 6.09. The van der Waals surface area contributed by atoms with Crippen LogP contribution in [-0.2, 0) is 6.54 Å². The van der Waals surface area contributed by atoms with Gasteiger partial charge in [0.15, 0.2) is 0 Å². The highest BCUT2D eigenvalue weighted by molar-refractivity contribution is 6.18. The quantitative estimate of drug-likeness (QED) is 0.712. The molecule has 0 saturated carbocycles. The number of benzene rings is 1. The number of rotatable bonds is 7. The van der Waals surface area contributed by atoms with Crippen LogP contribution in [0.5, 0.6) is 0 Å². The molecule has 2 heteroatoms. The van der Waals surface area contributed by atoms with Crippen LogP contribution in [0.2, 0.25) is 0 Å². The molecule has 0 aliphatic carbocycles. The van der Waals surface area contributed by atoms with Crippen molar-refractivity contribution in [1.29, 1.82) is 0 Å².